The fraction of sp³-hybridized carbons (Fsp3) is 0.667. The fourth-order valence-electron chi connectivity index (χ4n) is 1.55. The molecule has 96 valence electrons. The van der Waals surface area contributed by atoms with Crippen LogP contribution in [0, 0.1) is 6.92 Å². The second-order valence-corrected chi connectivity index (χ2v) is 4.99. The SMILES string of the molecule is CCN(CC)C(N)=NCC(C)c1nc(C)cs1. The van der Waals surface area contributed by atoms with E-state index in [1.165, 1.54) is 0 Å². The normalized spacial score (nSPS) is 13.8. The van der Waals surface area contributed by atoms with Gasteiger partial charge >= 0.3 is 0 Å². The van der Waals surface area contributed by atoms with Gasteiger partial charge < -0.3 is 10.6 Å². The Hall–Kier alpha value is -1.10. The van der Waals surface area contributed by atoms with E-state index in [1.54, 1.807) is 11.3 Å². The Kier molecular flexibility index (Phi) is 5.41. The van der Waals surface area contributed by atoms with Crippen LogP contribution in [0.2, 0.25) is 0 Å². The molecule has 0 aromatic carbocycles. The number of hydrogen-bond donors (Lipinski definition) is 1. The molecule has 0 saturated carbocycles. The number of aromatic nitrogens is 1. The van der Waals surface area contributed by atoms with E-state index >= 15 is 0 Å². The lowest BCUT2D eigenvalue weighted by molar-refractivity contribution is 0.457. The van der Waals surface area contributed by atoms with Gasteiger partial charge in [0.25, 0.3) is 0 Å². The molecule has 0 aliphatic rings. The third-order valence-electron chi connectivity index (χ3n) is 2.67. The molecule has 1 unspecified atom stereocenters. The molecule has 0 radical (unpaired) electrons. The van der Waals surface area contributed by atoms with Gasteiger partial charge in [0.05, 0.1) is 11.6 Å². The number of rotatable bonds is 5. The lowest BCUT2D eigenvalue weighted by atomic mass is 10.2. The lowest BCUT2D eigenvalue weighted by Gasteiger charge is -2.19. The van der Waals surface area contributed by atoms with Crippen LogP contribution in [0.3, 0.4) is 0 Å². The van der Waals surface area contributed by atoms with E-state index in [9.17, 15) is 0 Å². The van der Waals surface area contributed by atoms with Crippen molar-refractivity contribution in [1.82, 2.24) is 9.88 Å². The minimum Gasteiger partial charge on any atom is -0.370 e. The van der Waals surface area contributed by atoms with Crippen LogP contribution in [-0.4, -0.2) is 35.5 Å². The van der Waals surface area contributed by atoms with Crippen molar-refractivity contribution in [2.24, 2.45) is 10.7 Å². The van der Waals surface area contributed by atoms with E-state index in [1.807, 2.05) is 6.92 Å². The second-order valence-electron chi connectivity index (χ2n) is 4.10. The third kappa shape index (κ3) is 4.00. The van der Waals surface area contributed by atoms with Crippen molar-refractivity contribution in [2.75, 3.05) is 19.6 Å². The smallest absolute Gasteiger partial charge is 0.191 e. The zero-order valence-electron chi connectivity index (χ0n) is 11.1. The highest BCUT2D eigenvalue weighted by atomic mass is 32.1. The van der Waals surface area contributed by atoms with Gasteiger partial charge in [0.2, 0.25) is 0 Å². The van der Waals surface area contributed by atoms with E-state index in [4.69, 9.17) is 5.73 Å². The molecule has 0 fully saturated rings. The summed E-state index contributed by atoms with van der Waals surface area (Å²) in [5.41, 5.74) is 7.01. The van der Waals surface area contributed by atoms with Crippen molar-refractivity contribution >= 4 is 17.3 Å². The Bertz CT molecular complexity index is 368. The minimum atomic E-state index is 0.336. The molecule has 0 bridgehead atoms. The summed E-state index contributed by atoms with van der Waals surface area (Å²) in [5, 5.41) is 3.21. The first-order valence-corrected chi connectivity index (χ1v) is 6.93. The average Bonchev–Trinajstić information content (AvgIpc) is 2.74. The highest BCUT2D eigenvalue weighted by Crippen LogP contribution is 2.19. The maximum absolute atomic E-state index is 5.93. The number of aryl methyl sites for hydroxylation is 1. The highest BCUT2D eigenvalue weighted by molar-refractivity contribution is 7.09. The molecule has 0 aliphatic heterocycles. The quantitative estimate of drug-likeness (QED) is 0.647. The van der Waals surface area contributed by atoms with E-state index < -0.39 is 0 Å². The summed E-state index contributed by atoms with van der Waals surface area (Å²) in [6, 6.07) is 0. The third-order valence-corrected chi connectivity index (χ3v) is 3.87. The first-order chi connectivity index (χ1) is 8.08. The first kappa shape index (κ1) is 14.0. The molecule has 0 aliphatic carbocycles. The average molecular weight is 254 g/mol. The lowest BCUT2D eigenvalue weighted by Crippen LogP contribution is -2.37. The molecule has 1 atom stereocenters. The summed E-state index contributed by atoms with van der Waals surface area (Å²) in [6.45, 7) is 10.8. The van der Waals surface area contributed by atoms with Crippen LogP contribution >= 0.6 is 11.3 Å². The zero-order chi connectivity index (χ0) is 12.8. The summed E-state index contributed by atoms with van der Waals surface area (Å²) in [5.74, 6) is 0.970. The van der Waals surface area contributed by atoms with Gasteiger partial charge in [-0.3, -0.25) is 4.99 Å². The molecule has 1 aromatic heterocycles. The standard InChI is InChI=1S/C12H22N4S/c1-5-16(6-2)12(13)14-7-9(3)11-15-10(4)8-17-11/h8-9H,5-7H2,1-4H3,(H2,13,14). The molecule has 17 heavy (non-hydrogen) atoms. The molecule has 5 heteroatoms. The molecule has 1 aromatic rings. The van der Waals surface area contributed by atoms with Gasteiger partial charge in [0, 0.05) is 30.1 Å². The number of aliphatic imine (C=N–C) groups is 1. The van der Waals surface area contributed by atoms with Crippen LogP contribution in [0.25, 0.3) is 0 Å². The molecule has 1 rings (SSSR count). The van der Waals surface area contributed by atoms with Crippen LogP contribution in [0.4, 0.5) is 0 Å². The van der Waals surface area contributed by atoms with Crippen molar-refractivity contribution in [3.8, 4) is 0 Å². The monoisotopic (exact) mass is 254 g/mol. The summed E-state index contributed by atoms with van der Waals surface area (Å²) in [4.78, 5) is 11.0. The maximum atomic E-state index is 5.93. The van der Waals surface area contributed by atoms with Gasteiger partial charge in [-0.15, -0.1) is 11.3 Å². The van der Waals surface area contributed by atoms with Crippen molar-refractivity contribution < 1.29 is 0 Å². The zero-order valence-corrected chi connectivity index (χ0v) is 11.9. The molecule has 4 nitrogen and oxygen atoms in total. The number of thiazole rings is 1. The molecule has 0 saturated heterocycles. The molecule has 1 heterocycles. The molecular weight excluding hydrogens is 232 g/mol. The van der Waals surface area contributed by atoms with Crippen LogP contribution < -0.4 is 5.73 Å². The van der Waals surface area contributed by atoms with Gasteiger partial charge in [-0.1, -0.05) is 6.92 Å². The maximum Gasteiger partial charge on any atom is 0.191 e. The predicted molar refractivity (Wildman–Crippen MR) is 74.7 cm³/mol. The van der Waals surface area contributed by atoms with Crippen LogP contribution in [0.1, 0.15) is 37.4 Å². The molecular formula is C12H22N4S. The van der Waals surface area contributed by atoms with Gasteiger partial charge in [0.1, 0.15) is 0 Å². The number of nitrogens with zero attached hydrogens (tertiary/aromatic N) is 3. The topological polar surface area (TPSA) is 54.5 Å². The van der Waals surface area contributed by atoms with E-state index in [0.29, 0.717) is 18.4 Å². The number of guanidine groups is 1. The van der Waals surface area contributed by atoms with Crippen LogP contribution in [0.5, 0.6) is 0 Å². The summed E-state index contributed by atoms with van der Waals surface area (Å²) < 4.78 is 0. The van der Waals surface area contributed by atoms with Gasteiger partial charge in [-0.25, -0.2) is 4.98 Å². The Labute approximate surface area is 108 Å². The van der Waals surface area contributed by atoms with E-state index in [2.05, 4.69) is 41.0 Å². The van der Waals surface area contributed by atoms with Crippen molar-refractivity contribution in [3.63, 3.8) is 0 Å². The van der Waals surface area contributed by atoms with Gasteiger partial charge in [-0.2, -0.15) is 0 Å². The Morgan fingerprint density at radius 3 is 2.65 bits per heavy atom. The van der Waals surface area contributed by atoms with Gasteiger partial charge in [0.15, 0.2) is 5.96 Å². The van der Waals surface area contributed by atoms with Crippen LogP contribution in [0.15, 0.2) is 10.4 Å². The van der Waals surface area contributed by atoms with Crippen molar-refractivity contribution in [3.05, 3.63) is 16.1 Å². The Balaban J connectivity index is 2.57. The molecule has 0 amide bonds. The highest BCUT2D eigenvalue weighted by Gasteiger charge is 2.10. The predicted octanol–water partition coefficient (Wildman–Crippen LogP) is 2.21. The largest absolute Gasteiger partial charge is 0.370 e. The molecule has 2 N–H and O–H groups in total. The van der Waals surface area contributed by atoms with Crippen molar-refractivity contribution in [1.29, 1.82) is 0 Å². The Morgan fingerprint density at radius 1 is 1.53 bits per heavy atom. The Morgan fingerprint density at radius 2 is 2.18 bits per heavy atom. The van der Waals surface area contributed by atoms with E-state index in [-0.39, 0.29) is 0 Å². The summed E-state index contributed by atoms with van der Waals surface area (Å²) >= 11 is 1.69. The van der Waals surface area contributed by atoms with Crippen LogP contribution in [-0.2, 0) is 0 Å². The minimum absolute atomic E-state index is 0.336. The summed E-state index contributed by atoms with van der Waals surface area (Å²) in [7, 11) is 0. The molecule has 0 spiro atoms. The number of hydrogen-bond acceptors (Lipinski definition) is 3. The number of nitrogens with two attached hydrogens (primary N) is 1. The van der Waals surface area contributed by atoms with Gasteiger partial charge in [-0.05, 0) is 20.8 Å². The van der Waals surface area contributed by atoms with Crippen molar-refractivity contribution in [2.45, 2.75) is 33.6 Å². The van der Waals surface area contributed by atoms with E-state index in [0.717, 1.165) is 23.8 Å². The first-order valence-electron chi connectivity index (χ1n) is 6.05. The second kappa shape index (κ2) is 6.59. The fourth-order valence-corrected chi connectivity index (χ4v) is 2.40. The summed E-state index contributed by atoms with van der Waals surface area (Å²) in [6.07, 6.45) is 0.